The maximum absolute atomic E-state index is 9.21. The van der Waals surface area contributed by atoms with E-state index in [9.17, 15) is 5.26 Å². The lowest BCUT2D eigenvalue weighted by Gasteiger charge is -2.43. The van der Waals surface area contributed by atoms with Crippen LogP contribution in [0.5, 0.6) is 0 Å². The highest BCUT2D eigenvalue weighted by atomic mass is 35.5. The van der Waals surface area contributed by atoms with Crippen molar-refractivity contribution in [2.45, 2.75) is 37.3 Å². The summed E-state index contributed by atoms with van der Waals surface area (Å²) in [7, 11) is 0. The summed E-state index contributed by atoms with van der Waals surface area (Å²) < 4.78 is 6.87. The molecule has 3 nitrogen and oxygen atoms in total. The second kappa shape index (κ2) is 5.59. The van der Waals surface area contributed by atoms with E-state index in [1.165, 1.54) is 4.88 Å². The lowest BCUT2D eigenvalue weighted by molar-refractivity contribution is -0.0885. The Hall–Kier alpha value is -0.310. The summed E-state index contributed by atoms with van der Waals surface area (Å²) in [6.07, 6.45) is 1.91. The van der Waals surface area contributed by atoms with Gasteiger partial charge < -0.3 is 10.1 Å². The van der Waals surface area contributed by atoms with Crippen molar-refractivity contribution in [3.05, 3.63) is 20.8 Å². The summed E-state index contributed by atoms with van der Waals surface area (Å²) in [5, 5.41) is 12.6. The van der Waals surface area contributed by atoms with Gasteiger partial charge in [-0.25, -0.2) is 0 Å². The van der Waals surface area contributed by atoms with Crippen LogP contribution in [-0.2, 0) is 10.3 Å². The van der Waals surface area contributed by atoms with Gasteiger partial charge in [0.25, 0.3) is 0 Å². The Morgan fingerprint density at radius 3 is 3.11 bits per heavy atom. The molecule has 2 aliphatic heterocycles. The van der Waals surface area contributed by atoms with Crippen molar-refractivity contribution in [3.8, 4) is 6.07 Å². The molecule has 19 heavy (non-hydrogen) atoms. The van der Waals surface area contributed by atoms with Gasteiger partial charge in [-0.15, -0.1) is 23.7 Å². The van der Waals surface area contributed by atoms with Gasteiger partial charge in [0.05, 0.1) is 22.9 Å². The molecule has 0 amide bonds. The van der Waals surface area contributed by atoms with Gasteiger partial charge >= 0.3 is 0 Å². The van der Waals surface area contributed by atoms with E-state index >= 15 is 0 Å². The predicted molar refractivity (Wildman–Crippen MR) is 79.3 cm³/mol. The molecule has 3 heterocycles. The van der Waals surface area contributed by atoms with Gasteiger partial charge in [0.1, 0.15) is 5.60 Å². The molecule has 0 bridgehead atoms. The third kappa shape index (κ3) is 2.51. The van der Waals surface area contributed by atoms with Gasteiger partial charge in [-0.3, -0.25) is 0 Å². The number of rotatable bonds is 0. The standard InChI is InChI=1S/C13H15ClN2OS.ClH/c1-8-5-13(2-3-16-8)12-10(4-11(14)18-12)9(6-15)7-17-13;/h4,8-9,16H,2-3,5,7H2,1H3;1H/t8-,9?,13?;/m0./s1. The van der Waals surface area contributed by atoms with Crippen molar-refractivity contribution in [1.29, 1.82) is 5.26 Å². The molecule has 0 radical (unpaired) electrons. The van der Waals surface area contributed by atoms with E-state index in [1.54, 1.807) is 11.3 Å². The van der Waals surface area contributed by atoms with E-state index in [1.807, 2.05) is 6.07 Å². The average Bonchev–Trinajstić information content (AvgIpc) is 2.73. The van der Waals surface area contributed by atoms with E-state index in [4.69, 9.17) is 16.3 Å². The van der Waals surface area contributed by atoms with Crippen LogP contribution in [0.3, 0.4) is 0 Å². The first-order valence-corrected chi connectivity index (χ1v) is 7.41. The molecule has 3 atom stereocenters. The maximum atomic E-state index is 9.21. The summed E-state index contributed by atoms with van der Waals surface area (Å²) in [5.74, 6) is -0.167. The lowest BCUT2D eigenvalue weighted by atomic mass is 9.81. The average molecular weight is 319 g/mol. The third-order valence-corrected chi connectivity index (χ3v) is 5.32. The second-order valence-corrected chi connectivity index (χ2v) is 6.81. The van der Waals surface area contributed by atoms with Crippen LogP contribution in [-0.4, -0.2) is 19.2 Å². The maximum Gasteiger partial charge on any atom is 0.105 e. The van der Waals surface area contributed by atoms with Crippen molar-refractivity contribution in [2.24, 2.45) is 0 Å². The number of fused-ring (bicyclic) bond motifs is 2. The van der Waals surface area contributed by atoms with Crippen molar-refractivity contribution in [1.82, 2.24) is 5.32 Å². The minimum absolute atomic E-state index is 0. The molecule has 2 unspecified atom stereocenters. The molecule has 1 saturated heterocycles. The minimum atomic E-state index is -0.217. The molecule has 1 N–H and O–H groups in total. The topological polar surface area (TPSA) is 45.0 Å². The molecule has 1 spiro atoms. The highest BCUT2D eigenvalue weighted by Crippen LogP contribution is 2.49. The Kier molecular flexibility index (Phi) is 4.44. The number of halogens is 2. The highest BCUT2D eigenvalue weighted by Gasteiger charge is 2.45. The van der Waals surface area contributed by atoms with Crippen LogP contribution in [0.1, 0.15) is 36.1 Å². The van der Waals surface area contributed by atoms with Crippen molar-refractivity contribution >= 4 is 35.3 Å². The zero-order valence-corrected chi connectivity index (χ0v) is 13.0. The Morgan fingerprint density at radius 2 is 2.42 bits per heavy atom. The number of thiophene rings is 1. The quantitative estimate of drug-likeness (QED) is 0.797. The van der Waals surface area contributed by atoms with Gasteiger partial charge in [0.2, 0.25) is 0 Å². The highest BCUT2D eigenvalue weighted by molar-refractivity contribution is 7.16. The molecule has 1 aromatic rings. The Labute approximate surface area is 128 Å². The van der Waals surface area contributed by atoms with Crippen LogP contribution >= 0.6 is 35.3 Å². The van der Waals surface area contributed by atoms with Gasteiger partial charge in [-0.2, -0.15) is 5.26 Å². The third-order valence-electron chi connectivity index (χ3n) is 3.86. The number of nitriles is 1. The summed E-state index contributed by atoms with van der Waals surface area (Å²) >= 11 is 7.73. The number of hydrogen-bond donors (Lipinski definition) is 1. The van der Waals surface area contributed by atoms with E-state index in [-0.39, 0.29) is 23.9 Å². The van der Waals surface area contributed by atoms with Crippen molar-refractivity contribution in [3.63, 3.8) is 0 Å². The van der Waals surface area contributed by atoms with Gasteiger partial charge in [0.15, 0.2) is 0 Å². The molecule has 104 valence electrons. The number of nitrogens with one attached hydrogen (secondary N) is 1. The first-order valence-electron chi connectivity index (χ1n) is 6.21. The number of piperidine rings is 1. The van der Waals surface area contributed by atoms with Crippen molar-refractivity contribution in [2.75, 3.05) is 13.2 Å². The zero-order valence-electron chi connectivity index (χ0n) is 10.6. The van der Waals surface area contributed by atoms with Gasteiger partial charge in [-0.1, -0.05) is 11.6 Å². The van der Waals surface area contributed by atoms with Crippen LogP contribution in [0.15, 0.2) is 6.07 Å². The second-order valence-electron chi connectivity index (χ2n) is 5.13. The Balaban J connectivity index is 0.00000133. The molecular weight excluding hydrogens is 303 g/mol. The molecule has 1 fully saturated rings. The summed E-state index contributed by atoms with van der Waals surface area (Å²) in [4.78, 5) is 1.18. The number of ether oxygens (including phenoxy) is 1. The van der Waals surface area contributed by atoms with Crippen LogP contribution in [0.2, 0.25) is 4.34 Å². The molecule has 6 heteroatoms. The lowest BCUT2D eigenvalue weighted by Crippen LogP contribution is -2.48. The van der Waals surface area contributed by atoms with E-state index in [0.717, 1.165) is 29.3 Å². The van der Waals surface area contributed by atoms with Crippen molar-refractivity contribution < 1.29 is 4.74 Å². The van der Waals surface area contributed by atoms with Crippen LogP contribution < -0.4 is 5.32 Å². The fourth-order valence-electron chi connectivity index (χ4n) is 3.02. The largest absolute Gasteiger partial charge is 0.368 e. The minimum Gasteiger partial charge on any atom is -0.368 e. The van der Waals surface area contributed by atoms with Crippen LogP contribution in [0, 0.1) is 11.3 Å². The van der Waals surface area contributed by atoms with Gasteiger partial charge in [-0.05, 0) is 37.9 Å². The monoisotopic (exact) mass is 318 g/mol. The Bertz CT molecular complexity index is 513. The summed E-state index contributed by atoms with van der Waals surface area (Å²) in [6, 6.07) is 4.70. The fourth-order valence-corrected chi connectivity index (χ4v) is 4.50. The SMILES string of the molecule is C[C@H]1CC2(CCN1)OCC(C#N)c1cc(Cl)sc12.Cl. The van der Waals surface area contributed by atoms with E-state index in [0.29, 0.717) is 12.6 Å². The molecular formula is C13H16Cl2N2OS. The number of nitrogens with zero attached hydrogens (tertiary/aromatic N) is 1. The first-order chi connectivity index (χ1) is 8.64. The van der Waals surface area contributed by atoms with E-state index < -0.39 is 0 Å². The molecule has 3 rings (SSSR count). The summed E-state index contributed by atoms with van der Waals surface area (Å²) in [5.41, 5.74) is 0.873. The molecule has 1 aromatic heterocycles. The van der Waals surface area contributed by atoms with Gasteiger partial charge in [0, 0.05) is 10.9 Å². The normalized spacial score (nSPS) is 33.3. The number of hydrogen-bond acceptors (Lipinski definition) is 4. The molecule has 0 saturated carbocycles. The van der Waals surface area contributed by atoms with E-state index in [2.05, 4.69) is 18.3 Å². The molecule has 0 aliphatic carbocycles. The first kappa shape index (κ1) is 15.1. The van der Waals surface area contributed by atoms with Crippen LogP contribution in [0.25, 0.3) is 0 Å². The summed E-state index contributed by atoms with van der Waals surface area (Å²) in [6.45, 7) is 3.62. The van der Waals surface area contributed by atoms with Crippen LogP contribution in [0.4, 0.5) is 0 Å². The zero-order chi connectivity index (χ0) is 12.8. The predicted octanol–water partition coefficient (Wildman–Crippen LogP) is 3.43. The smallest absolute Gasteiger partial charge is 0.105 e. The Morgan fingerprint density at radius 1 is 1.63 bits per heavy atom. The molecule has 0 aromatic carbocycles. The molecule has 2 aliphatic rings. The fraction of sp³-hybridized carbons (Fsp3) is 0.615.